The van der Waals surface area contributed by atoms with E-state index >= 15 is 0 Å². The molecule has 156 valence electrons. The van der Waals surface area contributed by atoms with E-state index in [1.807, 2.05) is 36.5 Å². The van der Waals surface area contributed by atoms with Crippen molar-refractivity contribution in [2.24, 2.45) is 4.99 Å². The summed E-state index contributed by atoms with van der Waals surface area (Å²) < 4.78 is 16.6. The van der Waals surface area contributed by atoms with E-state index in [2.05, 4.69) is 20.6 Å². The lowest BCUT2D eigenvalue weighted by Crippen LogP contribution is -2.36. The number of benzene rings is 1. The van der Waals surface area contributed by atoms with E-state index < -0.39 is 0 Å². The smallest absolute Gasteiger partial charge is 0.213 e. The maximum Gasteiger partial charge on any atom is 0.213 e. The predicted octanol–water partition coefficient (Wildman–Crippen LogP) is 3.29. The topological polar surface area (TPSA) is 77.0 Å². The second-order valence-corrected chi connectivity index (χ2v) is 6.99. The first kappa shape index (κ1) is 20.8. The van der Waals surface area contributed by atoms with E-state index in [9.17, 15) is 0 Å². The number of pyridine rings is 1. The molecule has 29 heavy (non-hydrogen) atoms. The number of aliphatic imine (C=N–C) groups is 1. The molecule has 3 rings (SSSR count). The Labute approximate surface area is 172 Å². The van der Waals surface area contributed by atoms with Crippen LogP contribution in [-0.4, -0.2) is 38.3 Å². The molecule has 2 aromatic rings. The quantitative estimate of drug-likeness (QED) is 0.525. The minimum absolute atomic E-state index is 0.324. The number of guanidine groups is 1. The first-order chi connectivity index (χ1) is 14.2. The highest BCUT2D eigenvalue weighted by atomic mass is 16.5. The maximum absolute atomic E-state index is 5.91. The molecule has 0 bridgehead atoms. The van der Waals surface area contributed by atoms with Crippen molar-refractivity contribution in [1.82, 2.24) is 15.6 Å². The molecule has 1 aliphatic carbocycles. The Morgan fingerprint density at radius 1 is 1.07 bits per heavy atom. The standard InChI is InChI=1S/C22H30N4O3/c1-23-22(26-15-17-9-10-19(27-2)12-20(17)28-3)25-14-16-8-11-21(24-13-16)29-18-6-4-5-7-18/h8-13,18H,4-7,14-15H2,1-3H3,(H2,23,25,26). The van der Waals surface area contributed by atoms with Gasteiger partial charge in [0.15, 0.2) is 5.96 Å². The highest BCUT2D eigenvalue weighted by Crippen LogP contribution is 2.24. The summed E-state index contributed by atoms with van der Waals surface area (Å²) in [6.45, 7) is 1.20. The highest BCUT2D eigenvalue weighted by Gasteiger charge is 2.16. The molecule has 1 aliphatic rings. The van der Waals surface area contributed by atoms with Crippen molar-refractivity contribution in [3.8, 4) is 17.4 Å². The lowest BCUT2D eigenvalue weighted by molar-refractivity contribution is 0.201. The minimum atomic E-state index is 0.324. The third-order valence-corrected chi connectivity index (χ3v) is 5.01. The van der Waals surface area contributed by atoms with Crippen LogP contribution in [0.4, 0.5) is 0 Å². The molecule has 0 spiro atoms. The van der Waals surface area contributed by atoms with E-state index in [-0.39, 0.29) is 0 Å². The minimum Gasteiger partial charge on any atom is -0.497 e. The van der Waals surface area contributed by atoms with Crippen LogP contribution in [0.2, 0.25) is 0 Å². The maximum atomic E-state index is 5.91. The van der Waals surface area contributed by atoms with Gasteiger partial charge in [-0.15, -0.1) is 0 Å². The Kier molecular flexibility index (Phi) is 7.55. The van der Waals surface area contributed by atoms with Crippen LogP contribution in [0.5, 0.6) is 17.4 Å². The van der Waals surface area contributed by atoms with Crippen molar-refractivity contribution in [2.45, 2.75) is 44.9 Å². The molecule has 1 heterocycles. The zero-order valence-electron chi connectivity index (χ0n) is 17.4. The first-order valence-corrected chi connectivity index (χ1v) is 9.99. The fourth-order valence-corrected chi connectivity index (χ4v) is 3.35. The molecule has 0 aliphatic heterocycles. The van der Waals surface area contributed by atoms with Crippen LogP contribution in [0, 0.1) is 0 Å². The van der Waals surface area contributed by atoms with Crippen LogP contribution in [0.3, 0.4) is 0 Å². The van der Waals surface area contributed by atoms with Gasteiger partial charge in [-0.3, -0.25) is 4.99 Å². The van der Waals surface area contributed by atoms with Gasteiger partial charge in [-0.1, -0.05) is 6.07 Å². The van der Waals surface area contributed by atoms with Gasteiger partial charge in [0.05, 0.1) is 14.2 Å². The number of methoxy groups -OCH3 is 2. The summed E-state index contributed by atoms with van der Waals surface area (Å²) in [7, 11) is 5.04. The van der Waals surface area contributed by atoms with Crippen molar-refractivity contribution in [3.63, 3.8) is 0 Å². The fraction of sp³-hybridized carbons (Fsp3) is 0.455. The Morgan fingerprint density at radius 3 is 2.52 bits per heavy atom. The predicted molar refractivity (Wildman–Crippen MR) is 114 cm³/mol. The monoisotopic (exact) mass is 398 g/mol. The molecule has 0 unspecified atom stereocenters. The summed E-state index contributed by atoms with van der Waals surface area (Å²) in [6, 6.07) is 9.73. The summed E-state index contributed by atoms with van der Waals surface area (Å²) in [5, 5.41) is 6.60. The van der Waals surface area contributed by atoms with Gasteiger partial charge in [-0.2, -0.15) is 0 Å². The third kappa shape index (κ3) is 6.01. The van der Waals surface area contributed by atoms with Crippen LogP contribution in [0.25, 0.3) is 0 Å². The molecule has 0 radical (unpaired) electrons. The van der Waals surface area contributed by atoms with Crippen molar-refractivity contribution < 1.29 is 14.2 Å². The normalized spacial score (nSPS) is 14.5. The lowest BCUT2D eigenvalue weighted by Gasteiger charge is -2.15. The number of aromatic nitrogens is 1. The average molecular weight is 399 g/mol. The summed E-state index contributed by atoms with van der Waals surface area (Å²) in [5.41, 5.74) is 2.08. The summed E-state index contributed by atoms with van der Waals surface area (Å²) in [5.74, 6) is 2.94. The Morgan fingerprint density at radius 2 is 1.86 bits per heavy atom. The molecule has 1 aromatic carbocycles. The molecule has 0 saturated heterocycles. The van der Waals surface area contributed by atoms with Crippen molar-refractivity contribution in [3.05, 3.63) is 47.7 Å². The number of hydrogen-bond donors (Lipinski definition) is 2. The van der Waals surface area contributed by atoms with Crippen molar-refractivity contribution in [1.29, 1.82) is 0 Å². The fourth-order valence-electron chi connectivity index (χ4n) is 3.35. The van der Waals surface area contributed by atoms with E-state index in [4.69, 9.17) is 14.2 Å². The van der Waals surface area contributed by atoms with Gasteiger partial charge in [0.25, 0.3) is 0 Å². The zero-order chi connectivity index (χ0) is 20.5. The van der Waals surface area contributed by atoms with Crippen molar-refractivity contribution >= 4 is 5.96 Å². The number of hydrogen-bond acceptors (Lipinski definition) is 5. The second-order valence-electron chi connectivity index (χ2n) is 6.99. The van der Waals surface area contributed by atoms with E-state index in [0.717, 1.165) is 35.5 Å². The van der Waals surface area contributed by atoms with E-state index in [0.29, 0.717) is 31.0 Å². The van der Waals surface area contributed by atoms with Crippen LogP contribution in [0.15, 0.2) is 41.5 Å². The van der Waals surface area contributed by atoms with Gasteiger partial charge in [0, 0.05) is 44.0 Å². The zero-order valence-corrected chi connectivity index (χ0v) is 17.4. The van der Waals surface area contributed by atoms with Crippen molar-refractivity contribution in [2.75, 3.05) is 21.3 Å². The van der Waals surface area contributed by atoms with Crippen LogP contribution >= 0.6 is 0 Å². The van der Waals surface area contributed by atoms with Gasteiger partial charge < -0.3 is 24.8 Å². The van der Waals surface area contributed by atoms with Gasteiger partial charge in [0.1, 0.15) is 17.6 Å². The number of ether oxygens (including phenoxy) is 3. The molecule has 1 saturated carbocycles. The molecule has 7 nitrogen and oxygen atoms in total. The van der Waals surface area contributed by atoms with Gasteiger partial charge in [0.2, 0.25) is 5.88 Å². The van der Waals surface area contributed by atoms with E-state index in [1.54, 1.807) is 21.3 Å². The van der Waals surface area contributed by atoms with Crippen LogP contribution < -0.4 is 24.8 Å². The lowest BCUT2D eigenvalue weighted by atomic mass is 10.2. The number of rotatable bonds is 8. The average Bonchev–Trinajstić information content (AvgIpc) is 3.28. The summed E-state index contributed by atoms with van der Waals surface area (Å²) in [4.78, 5) is 8.70. The van der Waals surface area contributed by atoms with Gasteiger partial charge >= 0.3 is 0 Å². The van der Waals surface area contributed by atoms with Gasteiger partial charge in [-0.05, 0) is 43.4 Å². The van der Waals surface area contributed by atoms with Crippen LogP contribution in [0.1, 0.15) is 36.8 Å². The second kappa shape index (κ2) is 10.5. The Hall–Kier alpha value is -2.96. The number of nitrogens with zero attached hydrogens (tertiary/aromatic N) is 2. The highest BCUT2D eigenvalue weighted by molar-refractivity contribution is 5.79. The number of nitrogens with one attached hydrogen (secondary N) is 2. The molecular weight excluding hydrogens is 368 g/mol. The SMILES string of the molecule is CN=C(NCc1ccc(OC2CCCC2)nc1)NCc1ccc(OC)cc1OC. The van der Waals surface area contributed by atoms with Gasteiger partial charge in [-0.25, -0.2) is 4.98 Å². The molecular formula is C22H30N4O3. The molecule has 0 atom stereocenters. The first-order valence-electron chi connectivity index (χ1n) is 9.99. The molecule has 0 amide bonds. The summed E-state index contributed by atoms with van der Waals surface area (Å²) >= 11 is 0. The van der Waals surface area contributed by atoms with Crippen LogP contribution in [-0.2, 0) is 13.1 Å². The third-order valence-electron chi connectivity index (χ3n) is 5.01. The molecule has 1 fully saturated rings. The largest absolute Gasteiger partial charge is 0.497 e. The van der Waals surface area contributed by atoms with E-state index in [1.165, 1.54) is 12.8 Å². The summed E-state index contributed by atoms with van der Waals surface area (Å²) in [6.07, 6.45) is 6.93. The molecule has 7 heteroatoms. The Bertz CT molecular complexity index is 802. The Balaban J connectivity index is 1.49. The molecule has 2 N–H and O–H groups in total. The molecule has 1 aromatic heterocycles.